The molecule has 0 saturated heterocycles. The molecule has 3 nitrogen and oxygen atoms in total. The van der Waals surface area contributed by atoms with Crippen LogP contribution < -0.4 is 11.1 Å². The molecule has 1 aliphatic carbocycles. The molecule has 1 fully saturated rings. The van der Waals surface area contributed by atoms with Crippen molar-refractivity contribution in [3.8, 4) is 0 Å². The van der Waals surface area contributed by atoms with Gasteiger partial charge in [-0.25, -0.2) is 0 Å². The summed E-state index contributed by atoms with van der Waals surface area (Å²) in [5.74, 6) is 0.340. The van der Waals surface area contributed by atoms with Crippen LogP contribution in [0.2, 0.25) is 0 Å². The summed E-state index contributed by atoms with van der Waals surface area (Å²) in [6, 6.07) is 0. The molecule has 0 aromatic carbocycles. The molecule has 0 aliphatic heterocycles. The summed E-state index contributed by atoms with van der Waals surface area (Å²) in [6.45, 7) is 2.01. The van der Waals surface area contributed by atoms with Crippen LogP contribution in [0.4, 0.5) is 23.9 Å². The summed E-state index contributed by atoms with van der Waals surface area (Å²) in [5.41, 5.74) is 7.52. The van der Waals surface area contributed by atoms with Crippen molar-refractivity contribution >= 4 is 27.8 Å². The molecule has 1 saturated carbocycles. The Morgan fingerprint density at radius 2 is 2.10 bits per heavy atom. The van der Waals surface area contributed by atoms with E-state index in [1.807, 2.05) is 0 Å². The Labute approximate surface area is 125 Å². The van der Waals surface area contributed by atoms with Gasteiger partial charge in [0.15, 0.2) is 5.78 Å². The molecule has 1 aromatic rings. The van der Waals surface area contributed by atoms with Gasteiger partial charge < -0.3 is 11.1 Å². The number of Topliss-reactive ketones (excluding diaryl/α,β-unsaturated/α-hetero) is 1. The summed E-state index contributed by atoms with van der Waals surface area (Å²) < 4.78 is 36.4. The minimum Gasteiger partial charge on any atom is -0.397 e. The number of nitrogen functional groups attached to an aromatic ring is 1. The van der Waals surface area contributed by atoms with Crippen LogP contribution >= 0.6 is 11.3 Å². The lowest BCUT2D eigenvalue weighted by Crippen LogP contribution is -2.11. The standard InChI is InChI=1S/C14H19F3N2OS/c1-2-9(20)12-11(18)10(8-4-5-8)13(21-12)19-7-3-6-14(15,16)17/h8,19H,2-7,18H2,1H3. The first-order chi connectivity index (χ1) is 9.83. The number of thiophene rings is 1. The van der Waals surface area contributed by atoms with Gasteiger partial charge in [-0.1, -0.05) is 6.92 Å². The molecule has 2 rings (SSSR count). The van der Waals surface area contributed by atoms with Crippen LogP contribution in [0.15, 0.2) is 0 Å². The maximum atomic E-state index is 12.1. The second-order valence-electron chi connectivity index (χ2n) is 5.28. The Kier molecular flexibility index (Phi) is 4.81. The summed E-state index contributed by atoms with van der Waals surface area (Å²) in [5, 5.41) is 3.81. The van der Waals surface area contributed by atoms with Crippen molar-refractivity contribution in [3.05, 3.63) is 10.4 Å². The van der Waals surface area contributed by atoms with E-state index in [0.29, 0.717) is 22.9 Å². The number of rotatable bonds is 7. The van der Waals surface area contributed by atoms with Crippen LogP contribution in [0.25, 0.3) is 0 Å². The number of hydrogen-bond acceptors (Lipinski definition) is 4. The molecular weight excluding hydrogens is 301 g/mol. The second kappa shape index (κ2) is 6.25. The Morgan fingerprint density at radius 1 is 1.43 bits per heavy atom. The van der Waals surface area contributed by atoms with E-state index in [1.54, 1.807) is 6.92 Å². The predicted molar refractivity (Wildman–Crippen MR) is 79.1 cm³/mol. The van der Waals surface area contributed by atoms with Crippen molar-refractivity contribution in [1.29, 1.82) is 0 Å². The topological polar surface area (TPSA) is 55.1 Å². The van der Waals surface area contributed by atoms with Crippen LogP contribution in [0.5, 0.6) is 0 Å². The Hall–Kier alpha value is -1.24. The molecule has 7 heteroatoms. The monoisotopic (exact) mass is 320 g/mol. The molecule has 0 unspecified atom stereocenters. The van der Waals surface area contributed by atoms with Crippen molar-refractivity contribution in [2.75, 3.05) is 17.6 Å². The average Bonchev–Trinajstić information content (AvgIpc) is 3.18. The van der Waals surface area contributed by atoms with Crippen LogP contribution in [0.3, 0.4) is 0 Å². The normalized spacial score (nSPS) is 15.2. The van der Waals surface area contributed by atoms with E-state index in [-0.39, 0.29) is 18.7 Å². The van der Waals surface area contributed by atoms with Crippen molar-refractivity contribution in [2.45, 2.75) is 51.1 Å². The molecule has 0 bridgehead atoms. The molecule has 0 atom stereocenters. The number of carbonyl (C=O) groups is 1. The molecule has 1 aromatic heterocycles. The third kappa shape index (κ3) is 4.12. The van der Waals surface area contributed by atoms with E-state index in [9.17, 15) is 18.0 Å². The zero-order chi connectivity index (χ0) is 15.6. The molecule has 3 N–H and O–H groups in total. The van der Waals surface area contributed by atoms with Gasteiger partial charge in [-0.05, 0) is 25.2 Å². The molecule has 0 spiro atoms. The predicted octanol–water partition coefficient (Wildman–Crippen LogP) is 4.55. The van der Waals surface area contributed by atoms with Gasteiger partial charge in [0.05, 0.1) is 15.6 Å². The molecule has 1 aliphatic rings. The highest BCUT2D eigenvalue weighted by Gasteiger charge is 2.32. The maximum Gasteiger partial charge on any atom is 0.389 e. The number of anilines is 2. The van der Waals surface area contributed by atoms with Crippen molar-refractivity contribution < 1.29 is 18.0 Å². The van der Waals surface area contributed by atoms with E-state index in [1.165, 1.54) is 11.3 Å². The number of hydrogen-bond donors (Lipinski definition) is 2. The van der Waals surface area contributed by atoms with Gasteiger partial charge in [-0.15, -0.1) is 11.3 Å². The molecule has 0 amide bonds. The Bertz CT molecular complexity index is 521. The lowest BCUT2D eigenvalue weighted by molar-refractivity contribution is -0.134. The molecule has 21 heavy (non-hydrogen) atoms. The largest absolute Gasteiger partial charge is 0.397 e. The highest BCUT2D eigenvalue weighted by Crippen LogP contribution is 2.51. The third-order valence-electron chi connectivity index (χ3n) is 3.47. The van der Waals surface area contributed by atoms with Gasteiger partial charge in [0.1, 0.15) is 0 Å². The second-order valence-corrected chi connectivity index (χ2v) is 6.30. The number of halogens is 3. The van der Waals surface area contributed by atoms with Crippen molar-refractivity contribution in [1.82, 2.24) is 0 Å². The SMILES string of the molecule is CCC(=O)c1sc(NCCCC(F)(F)F)c(C2CC2)c1N. The van der Waals surface area contributed by atoms with Gasteiger partial charge in [0.25, 0.3) is 0 Å². The fourth-order valence-corrected chi connectivity index (χ4v) is 3.47. The summed E-state index contributed by atoms with van der Waals surface area (Å²) >= 11 is 1.28. The van der Waals surface area contributed by atoms with E-state index >= 15 is 0 Å². The smallest absolute Gasteiger partial charge is 0.389 e. The van der Waals surface area contributed by atoms with Crippen molar-refractivity contribution in [3.63, 3.8) is 0 Å². The average molecular weight is 320 g/mol. The van der Waals surface area contributed by atoms with Gasteiger partial charge >= 0.3 is 6.18 Å². The minimum atomic E-state index is -4.13. The van der Waals surface area contributed by atoms with E-state index in [0.717, 1.165) is 23.4 Å². The lowest BCUT2D eigenvalue weighted by atomic mass is 10.1. The number of nitrogens with two attached hydrogens (primary N) is 1. The summed E-state index contributed by atoms with van der Waals surface area (Å²) in [4.78, 5) is 12.4. The Morgan fingerprint density at radius 3 is 2.62 bits per heavy atom. The number of alkyl halides is 3. The molecule has 118 valence electrons. The first-order valence-corrected chi connectivity index (χ1v) is 7.91. The van der Waals surface area contributed by atoms with E-state index in [4.69, 9.17) is 5.73 Å². The van der Waals surface area contributed by atoms with Gasteiger partial charge in [-0.3, -0.25) is 4.79 Å². The molecule has 0 radical (unpaired) electrons. The van der Waals surface area contributed by atoms with Crippen LogP contribution in [0.1, 0.15) is 60.2 Å². The van der Waals surface area contributed by atoms with Gasteiger partial charge in [-0.2, -0.15) is 13.2 Å². The molecule has 1 heterocycles. The number of ketones is 1. The lowest BCUT2D eigenvalue weighted by Gasteiger charge is -2.09. The van der Waals surface area contributed by atoms with Crippen LogP contribution in [-0.4, -0.2) is 18.5 Å². The Balaban J connectivity index is 2.06. The number of nitrogens with one attached hydrogen (secondary N) is 1. The molecular formula is C14H19F3N2OS. The van der Waals surface area contributed by atoms with E-state index in [2.05, 4.69) is 5.32 Å². The quantitative estimate of drug-likeness (QED) is 0.572. The zero-order valence-electron chi connectivity index (χ0n) is 11.8. The van der Waals surface area contributed by atoms with Gasteiger partial charge in [0.2, 0.25) is 0 Å². The fraction of sp³-hybridized carbons (Fsp3) is 0.643. The third-order valence-corrected chi connectivity index (χ3v) is 4.69. The van der Waals surface area contributed by atoms with Crippen LogP contribution in [0, 0.1) is 0 Å². The highest BCUT2D eigenvalue weighted by molar-refractivity contribution is 7.18. The minimum absolute atomic E-state index is 0.0114. The summed E-state index contributed by atoms with van der Waals surface area (Å²) in [7, 11) is 0. The summed E-state index contributed by atoms with van der Waals surface area (Å²) in [6.07, 6.45) is -2.49. The number of carbonyl (C=O) groups excluding carboxylic acids is 1. The maximum absolute atomic E-state index is 12.1. The first-order valence-electron chi connectivity index (χ1n) is 7.09. The first kappa shape index (κ1) is 16.1. The van der Waals surface area contributed by atoms with Crippen LogP contribution in [-0.2, 0) is 0 Å². The highest BCUT2D eigenvalue weighted by atomic mass is 32.1. The van der Waals surface area contributed by atoms with Crippen molar-refractivity contribution in [2.24, 2.45) is 0 Å². The van der Waals surface area contributed by atoms with Gasteiger partial charge in [0, 0.05) is 24.9 Å². The van der Waals surface area contributed by atoms with E-state index < -0.39 is 12.6 Å². The zero-order valence-corrected chi connectivity index (χ0v) is 12.7. The fourth-order valence-electron chi connectivity index (χ4n) is 2.22.